The number of aliphatic hydroxyl groups is 1. The van der Waals surface area contributed by atoms with Crippen LogP contribution in [-0.4, -0.2) is 41.5 Å². The van der Waals surface area contributed by atoms with Gasteiger partial charge in [0.15, 0.2) is 17.9 Å². The number of nitro groups is 1. The van der Waals surface area contributed by atoms with Gasteiger partial charge in [0, 0.05) is 19.0 Å². The first kappa shape index (κ1) is 23.5. The van der Waals surface area contributed by atoms with Gasteiger partial charge >= 0.3 is 0 Å². The van der Waals surface area contributed by atoms with Crippen LogP contribution in [0.4, 0.5) is 10.1 Å². The maximum absolute atomic E-state index is 14.2. The van der Waals surface area contributed by atoms with Crippen LogP contribution >= 0.6 is 0 Å². The topological polar surface area (TPSA) is 119 Å². The number of aldehydes is 1. The molecule has 0 aliphatic heterocycles. The molecule has 0 bridgehead atoms. The molecule has 0 heterocycles. The Kier molecular flexibility index (Phi) is 10.7. The van der Waals surface area contributed by atoms with Crippen molar-refractivity contribution in [1.82, 2.24) is 5.32 Å². The van der Waals surface area contributed by atoms with E-state index in [-0.39, 0.29) is 38.2 Å². The number of aliphatic hydroxyl groups excluding tert-OH is 1. The van der Waals surface area contributed by atoms with E-state index in [0.717, 1.165) is 37.8 Å². The SMILES string of the molecule is CCCCCCC(CCC(=O)NCCO)Oc1c(F)ccc([N+](=O)[O-])c1C=O. The number of hydrogen-bond acceptors (Lipinski definition) is 6. The van der Waals surface area contributed by atoms with Crippen LogP contribution in [0.15, 0.2) is 12.1 Å². The molecule has 1 aromatic rings. The first-order chi connectivity index (χ1) is 13.4. The summed E-state index contributed by atoms with van der Waals surface area (Å²) in [7, 11) is 0. The molecule has 1 atom stereocenters. The predicted molar refractivity (Wildman–Crippen MR) is 101 cm³/mol. The molecule has 1 unspecified atom stereocenters. The van der Waals surface area contributed by atoms with Crippen molar-refractivity contribution in [3.8, 4) is 5.75 Å². The number of hydrogen-bond donors (Lipinski definition) is 2. The van der Waals surface area contributed by atoms with Crippen molar-refractivity contribution in [2.45, 2.75) is 58.0 Å². The first-order valence-electron chi connectivity index (χ1n) is 9.40. The molecule has 0 aromatic heterocycles. The highest BCUT2D eigenvalue weighted by molar-refractivity contribution is 5.85. The van der Waals surface area contributed by atoms with Crippen molar-refractivity contribution in [2.75, 3.05) is 13.2 Å². The maximum atomic E-state index is 14.2. The predicted octanol–water partition coefficient (Wildman–Crippen LogP) is 3.15. The third-order valence-corrected chi connectivity index (χ3v) is 4.23. The van der Waals surface area contributed by atoms with E-state index in [9.17, 15) is 24.1 Å². The number of amides is 1. The second kappa shape index (κ2) is 12.8. The van der Waals surface area contributed by atoms with E-state index in [0.29, 0.717) is 6.42 Å². The van der Waals surface area contributed by atoms with Crippen molar-refractivity contribution in [3.63, 3.8) is 0 Å². The van der Waals surface area contributed by atoms with Gasteiger partial charge in [-0.05, 0) is 25.3 Å². The van der Waals surface area contributed by atoms with E-state index in [1.165, 1.54) is 0 Å². The number of ether oxygens (including phenoxy) is 1. The average molecular weight is 398 g/mol. The van der Waals surface area contributed by atoms with Crippen molar-refractivity contribution < 1.29 is 28.7 Å². The lowest BCUT2D eigenvalue weighted by atomic mass is 10.0. The molecule has 0 fully saturated rings. The van der Waals surface area contributed by atoms with E-state index in [2.05, 4.69) is 12.2 Å². The minimum absolute atomic E-state index is 0.0887. The van der Waals surface area contributed by atoms with Crippen molar-refractivity contribution >= 4 is 17.9 Å². The zero-order valence-corrected chi connectivity index (χ0v) is 16.0. The maximum Gasteiger partial charge on any atom is 0.283 e. The van der Waals surface area contributed by atoms with Crippen LogP contribution in [0.1, 0.15) is 62.2 Å². The Bertz CT molecular complexity index is 668. The van der Waals surface area contributed by atoms with Gasteiger partial charge in [0.2, 0.25) is 5.91 Å². The fourth-order valence-corrected chi connectivity index (χ4v) is 2.76. The van der Waals surface area contributed by atoms with E-state index >= 15 is 0 Å². The number of nitro benzene ring substituents is 1. The van der Waals surface area contributed by atoms with Crippen LogP contribution in [-0.2, 0) is 4.79 Å². The van der Waals surface area contributed by atoms with Gasteiger partial charge < -0.3 is 15.2 Å². The van der Waals surface area contributed by atoms with Gasteiger partial charge in [0.25, 0.3) is 5.69 Å². The van der Waals surface area contributed by atoms with Crippen LogP contribution in [0.3, 0.4) is 0 Å². The summed E-state index contributed by atoms with van der Waals surface area (Å²) in [5.41, 5.74) is -0.981. The molecular formula is C19H27FN2O6. The van der Waals surface area contributed by atoms with Gasteiger partial charge in [-0.3, -0.25) is 19.7 Å². The molecule has 1 rings (SSSR count). The second-order valence-electron chi connectivity index (χ2n) is 6.39. The number of nitrogens with one attached hydrogen (secondary N) is 1. The number of rotatable bonds is 14. The van der Waals surface area contributed by atoms with E-state index < -0.39 is 33.8 Å². The van der Waals surface area contributed by atoms with Crippen LogP contribution < -0.4 is 10.1 Å². The molecule has 1 aromatic carbocycles. The summed E-state index contributed by atoms with van der Waals surface area (Å²) in [5.74, 6) is -1.61. The van der Waals surface area contributed by atoms with Crippen molar-refractivity contribution in [2.24, 2.45) is 0 Å². The summed E-state index contributed by atoms with van der Waals surface area (Å²) >= 11 is 0. The van der Waals surface area contributed by atoms with Gasteiger partial charge in [-0.2, -0.15) is 0 Å². The van der Waals surface area contributed by atoms with Gasteiger partial charge in [0.1, 0.15) is 5.56 Å². The monoisotopic (exact) mass is 398 g/mol. The lowest BCUT2D eigenvalue weighted by molar-refractivity contribution is -0.385. The first-order valence-corrected chi connectivity index (χ1v) is 9.40. The zero-order chi connectivity index (χ0) is 20.9. The number of nitrogens with zero attached hydrogens (tertiary/aromatic N) is 1. The Morgan fingerprint density at radius 3 is 2.71 bits per heavy atom. The van der Waals surface area contributed by atoms with Crippen LogP contribution in [0, 0.1) is 15.9 Å². The van der Waals surface area contributed by atoms with Gasteiger partial charge in [-0.15, -0.1) is 0 Å². The summed E-state index contributed by atoms with van der Waals surface area (Å²) in [5, 5.41) is 22.4. The molecule has 8 nitrogen and oxygen atoms in total. The van der Waals surface area contributed by atoms with Crippen LogP contribution in [0.5, 0.6) is 5.75 Å². The molecular weight excluding hydrogens is 371 g/mol. The largest absolute Gasteiger partial charge is 0.486 e. The Morgan fingerprint density at radius 1 is 1.36 bits per heavy atom. The van der Waals surface area contributed by atoms with Crippen molar-refractivity contribution in [3.05, 3.63) is 33.6 Å². The number of halogens is 1. The van der Waals surface area contributed by atoms with Crippen LogP contribution in [0.25, 0.3) is 0 Å². The summed E-state index contributed by atoms with van der Waals surface area (Å²) in [6.45, 7) is 2.02. The minimum atomic E-state index is -0.865. The summed E-state index contributed by atoms with van der Waals surface area (Å²) < 4.78 is 19.9. The molecule has 0 spiro atoms. The Hall–Kier alpha value is -2.55. The quantitative estimate of drug-likeness (QED) is 0.215. The third-order valence-electron chi connectivity index (χ3n) is 4.23. The van der Waals surface area contributed by atoms with E-state index in [4.69, 9.17) is 9.84 Å². The number of carbonyl (C=O) groups is 2. The molecule has 9 heteroatoms. The van der Waals surface area contributed by atoms with Crippen molar-refractivity contribution in [1.29, 1.82) is 0 Å². The summed E-state index contributed by atoms with van der Waals surface area (Å²) in [4.78, 5) is 33.4. The fourth-order valence-electron chi connectivity index (χ4n) is 2.76. The van der Waals surface area contributed by atoms with Gasteiger partial charge in [-0.1, -0.05) is 26.2 Å². The molecule has 2 N–H and O–H groups in total. The number of carbonyl (C=O) groups excluding carboxylic acids is 2. The number of unbranched alkanes of at least 4 members (excludes halogenated alkanes) is 3. The lowest BCUT2D eigenvalue weighted by Crippen LogP contribution is -2.28. The minimum Gasteiger partial charge on any atom is -0.486 e. The molecule has 28 heavy (non-hydrogen) atoms. The highest BCUT2D eigenvalue weighted by Crippen LogP contribution is 2.31. The molecule has 0 aliphatic carbocycles. The molecule has 156 valence electrons. The van der Waals surface area contributed by atoms with E-state index in [1.807, 2.05) is 0 Å². The molecule has 0 saturated heterocycles. The standard InChI is InChI=1S/C19H27FN2O6/c1-2-3-4-5-6-14(7-10-18(25)21-11-12-23)28-19-15(13-24)17(22(26)27)9-8-16(19)20/h8-9,13-14,23H,2-7,10-12H2,1H3,(H,21,25). The second-order valence-corrected chi connectivity index (χ2v) is 6.39. The smallest absolute Gasteiger partial charge is 0.283 e. The number of benzene rings is 1. The molecule has 0 aliphatic rings. The normalized spacial score (nSPS) is 11.7. The molecule has 0 saturated carbocycles. The fraction of sp³-hybridized carbons (Fsp3) is 0.579. The van der Waals surface area contributed by atoms with Crippen LogP contribution in [0.2, 0.25) is 0 Å². The van der Waals surface area contributed by atoms with Gasteiger partial charge in [-0.25, -0.2) is 4.39 Å². The summed E-state index contributed by atoms with van der Waals surface area (Å²) in [6, 6.07) is 1.81. The Labute approximate surface area is 163 Å². The molecule has 0 radical (unpaired) electrons. The zero-order valence-electron chi connectivity index (χ0n) is 16.0. The summed E-state index contributed by atoms with van der Waals surface area (Å²) in [6.07, 6.45) is 4.27. The Balaban J connectivity index is 2.94. The Morgan fingerprint density at radius 2 is 2.11 bits per heavy atom. The average Bonchev–Trinajstić information content (AvgIpc) is 2.68. The third kappa shape index (κ3) is 7.59. The lowest BCUT2D eigenvalue weighted by Gasteiger charge is -2.20. The van der Waals surface area contributed by atoms with Gasteiger partial charge in [0.05, 0.1) is 17.6 Å². The van der Waals surface area contributed by atoms with E-state index in [1.54, 1.807) is 0 Å². The molecule has 1 amide bonds. The highest BCUT2D eigenvalue weighted by atomic mass is 19.1. The highest BCUT2D eigenvalue weighted by Gasteiger charge is 2.25.